The van der Waals surface area contributed by atoms with Crippen LogP contribution in [0, 0.1) is 6.92 Å². The van der Waals surface area contributed by atoms with Gasteiger partial charge in [-0.05, 0) is 66.2 Å². The lowest BCUT2D eigenvalue weighted by Crippen LogP contribution is -2.49. The van der Waals surface area contributed by atoms with E-state index in [1.165, 1.54) is 5.56 Å². The Morgan fingerprint density at radius 1 is 0.575 bits per heavy atom. The number of ether oxygens (including phenoxy) is 5. The fraction of sp³-hybridized carbons (Fsp3) is 0.812. The molecule has 0 aliphatic rings. The second-order valence-corrected chi connectivity index (χ2v) is 10.6. The van der Waals surface area contributed by atoms with Gasteiger partial charge in [0.1, 0.15) is 18.8 Å². The molecular formula is C32H63N3O5+2. The zero-order valence-electron chi connectivity index (χ0n) is 27.3. The predicted molar refractivity (Wildman–Crippen MR) is 167 cm³/mol. The van der Waals surface area contributed by atoms with E-state index in [1.54, 1.807) is 7.11 Å². The number of likely N-dealkylation sites (N-methyl/N-ethyl adjacent to an activating group) is 2. The van der Waals surface area contributed by atoms with Crippen LogP contribution in [0.3, 0.4) is 0 Å². The van der Waals surface area contributed by atoms with E-state index < -0.39 is 0 Å². The fourth-order valence-electron chi connectivity index (χ4n) is 5.20. The normalized spacial score (nSPS) is 12.2. The average molecular weight is 570 g/mol. The summed E-state index contributed by atoms with van der Waals surface area (Å²) in [6.45, 7) is 31.5. The molecule has 0 bridgehead atoms. The highest BCUT2D eigenvalue weighted by molar-refractivity contribution is 5.60. The van der Waals surface area contributed by atoms with E-state index in [-0.39, 0.29) is 0 Å². The summed E-state index contributed by atoms with van der Waals surface area (Å²) in [5, 5.41) is 0. The van der Waals surface area contributed by atoms with Crippen molar-refractivity contribution in [1.82, 2.24) is 0 Å². The molecule has 40 heavy (non-hydrogen) atoms. The van der Waals surface area contributed by atoms with Crippen LogP contribution >= 0.6 is 0 Å². The molecule has 0 unspecified atom stereocenters. The zero-order valence-corrected chi connectivity index (χ0v) is 27.3. The van der Waals surface area contributed by atoms with Gasteiger partial charge < -0.3 is 37.6 Å². The van der Waals surface area contributed by atoms with Crippen LogP contribution in [-0.4, -0.2) is 134 Å². The topological polar surface area (TPSA) is 49.4 Å². The lowest BCUT2D eigenvalue weighted by Gasteiger charge is -2.35. The minimum absolute atomic E-state index is 0.602. The molecule has 0 aliphatic heterocycles. The number of benzene rings is 1. The Morgan fingerprint density at radius 3 is 1.35 bits per heavy atom. The van der Waals surface area contributed by atoms with Gasteiger partial charge >= 0.3 is 0 Å². The smallest absolute Gasteiger partial charge is 0.142 e. The molecule has 0 amide bonds. The summed E-state index contributed by atoms with van der Waals surface area (Å²) in [4.78, 5) is 2.29. The van der Waals surface area contributed by atoms with Crippen LogP contribution in [-0.2, 0) is 18.9 Å². The van der Waals surface area contributed by atoms with Gasteiger partial charge in [0.2, 0.25) is 0 Å². The molecule has 0 aliphatic carbocycles. The SMILES string of the molecule is CC[N+](CC)(CC)CCOCCOCCN(CCOCCOCC[N+](CC)(CC)CC)c1cc(C)ccc1OC. The zero-order chi connectivity index (χ0) is 29.7. The molecule has 1 aromatic rings. The maximum absolute atomic E-state index is 5.95. The Balaban J connectivity index is 2.44. The maximum Gasteiger partial charge on any atom is 0.142 e. The first-order valence-electron chi connectivity index (χ1n) is 15.8. The molecule has 0 radical (unpaired) electrons. The lowest BCUT2D eigenvalue weighted by atomic mass is 10.2. The maximum atomic E-state index is 5.95. The monoisotopic (exact) mass is 569 g/mol. The van der Waals surface area contributed by atoms with Crippen molar-refractivity contribution in [2.45, 2.75) is 48.5 Å². The van der Waals surface area contributed by atoms with Gasteiger partial charge in [0.05, 0.1) is 105 Å². The first-order valence-corrected chi connectivity index (χ1v) is 15.8. The van der Waals surface area contributed by atoms with Crippen molar-refractivity contribution in [3.05, 3.63) is 23.8 Å². The van der Waals surface area contributed by atoms with E-state index in [2.05, 4.69) is 65.5 Å². The summed E-state index contributed by atoms with van der Waals surface area (Å²) >= 11 is 0. The number of anilines is 1. The van der Waals surface area contributed by atoms with Crippen molar-refractivity contribution in [2.75, 3.05) is 130 Å². The van der Waals surface area contributed by atoms with Gasteiger partial charge in [-0.25, -0.2) is 0 Å². The van der Waals surface area contributed by atoms with Crippen LogP contribution in [0.15, 0.2) is 18.2 Å². The quantitative estimate of drug-likeness (QED) is 0.120. The van der Waals surface area contributed by atoms with Crippen LogP contribution in [0.25, 0.3) is 0 Å². The highest BCUT2D eigenvalue weighted by Crippen LogP contribution is 2.29. The van der Waals surface area contributed by atoms with Crippen molar-refractivity contribution < 1.29 is 32.7 Å². The summed E-state index contributed by atoms with van der Waals surface area (Å²) in [5.74, 6) is 0.867. The Hall–Kier alpha value is -1.42. The van der Waals surface area contributed by atoms with Crippen molar-refractivity contribution >= 4 is 5.69 Å². The van der Waals surface area contributed by atoms with Crippen molar-refractivity contribution in [3.8, 4) is 5.75 Å². The third-order valence-corrected chi connectivity index (χ3v) is 8.87. The molecule has 0 heterocycles. The van der Waals surface area contributed by atoms with Gasteiger partial charge in [0, 0.05) is 13.1 Å². The molecule has 1 aromatic carbocycles. The van der Waals surface area contributed by atoms with Gasteiger partial charge in [-0.3, -0.25) is 0 Å². The van der Waals surface area contributed by atoms with Gasteiger partial charge in [-0.2, -0.15) is 0 Å². The summed E-state index contributed by atoms with van der Waals surface area (Å²) in [6.07, 6.45) is 0. The fourth-order valence-corrected chi connectivity index (χ4v) is 5.20. The molecule has 8 heteroatoms. The van der Waals surface area contributed by atoms with Gasteiger partial charge in [-0.15, -0.1) is 0 Å². The van der Waals surface area contributed by atoms with Crippen molar-refractivity contribution in [3.63, 3.8) is 0 Å². The molecule has 0 atom stereocenters. The number of hydrogen-bond acceptors (Lipinski definition) is 6. The van der Waals surface area contributed by atoms with Crippen LogP contribution in [0.2, 0.25) is 0 Å². The molecule has 0 aromatic heterocycles. The number of rotatable bonds is 26. The number of aryl methyl sites for hydroxylation is 1. The number of nitrogens with zero attached hydrogens (tertiary/aromatic N) is 3. The first kappa shape index (κ1) is 36.6. The van der Waals surface area contributed by atoms with E-state index >= 15 is 0 Å². The van der Waals surface area contributed by atoms with Gasteiger partial charge in [-0.1, -0.05) is 6.07 Å². The number of methoxy groups -OCH3 is 1. The van der Waals surface area contributed by atoms with Crippen LogP contribution < -0.4 is 9.64 Å². The minimum atomic E-state index is 0.602. The molecule has 1 rings (SSSR count). The Bertz CT molecular complexity index is 704. The molecule has 0 N–H and O–H groups in total. The molecular weight excluding hydrogens is 506 g/mol. The minimum Gasteiger partial charge on any atom is -0.495 e. The van der Waals surface area contributed by atoms with E-state index in [4.69, 9.17) is 23.7 Å². The standard InChI is InChI=1S/C32H63N3O5/c1-9-34(10-2,11-3)19-23-39-27-25-37-21-17-33(31-29-30(7)15-16-32(31)36-8)18-22-38-26-28-40-24-20-35(12-4,13-5)14-6/h15-16,29H,9-14,17-28H2,1-8H3/q+2. The summed E-state index contributed by atoms with van der Waals surface area (Å²) in [6, 6.07) is 6.28. The second kappa shape index (κ2) is 21.3. The van der Waals surface area contributed by atoms with Crippen LogP contribution in [0.4, 0.5) is 5.69 Å². The van der Waals surface area contributed by atoms with Gasteiger partial charge in [0.25, 0.3) is 0 Å². The van der Waals surface area contributed by atoms with Crippen LogP contribution in [0.1, 0.15) is 47.1 Å². The van der Waals surface area contributed by atoms with Crippen molar-refractivity contribution in [2.24, 2.45) is 0 Å². The summed E-state index contributed by atoms with van der Waals surface area (Å²) in [5.41, 5.74) is 2.27. The van der Waals surface area contributed by atoms with E-state index in [0.29, 0.717) is 39.6 Å². The Kier molecular flexibility index (Phi) is 19.5. The Morgan fingerprint density at radius 2 is 0.975 bits per heavy atom. The molecule has 234 valence electrons. The van der Waals surface area contributed by atoms with E-state index in [0.717, 1.165) is 99.1 Å². The summed E-state index contributed by atoms with van der Waals surface area (Å²) in [7, 11) is 1.72. The number of quaternary nitrogens is 2. The van der Waals surface area contributed by atoms with E-state index in [1.807, 2.05) is 6.07 Å². The molecule has 8 nitrogen and oxygen atoms in total. The molecule has 0 saturated carbocycles. The third-order valence-electron chi connectivity index (χ3n) is 8.87. The van der Waals surface area contributed by atoms with E-state index in [9.17, 15) is 0 Å². The molecule has 0 spiro atoms. The molecule has 0 saturated heterocycles. The second-order valence-electron chi connectivity index (χ2n) is 10.6. The largest absolute Gasteiger partial charge is 0.495 e. The molecule has 0 fully saturated rings. The lowest BCUT2D eigenvalue weighted by molar-refractivity contribution is -0.923. The Labute approximate surface area is 246 Å². The highest BCUT2D eigenvalue weighted by atomic mass is 16.5. The third kappa shape index (κ3) is 13.0. The first-order chi connectivity index (χ1) is 19.4. The summed E-state index contributed by atoms with van der Waals surface area (Å²) < 4.78 is 31.6. The number of hydrogen-bond donors (Lipinski definition) is 0. The van der Waals surface area contributed by atoms with Gasteiger partial charge in [0.15, 0.2) is 0 Å². The highest BCUT2D eigenvalue weighted by Gasteiger charge is 2.21. The predicted octanol–water partition coefficient (Wildman–Crippen LogP) is 4.63. The van der Waals surface area contributed by atoms with Crippen LogP contribution in [0.5, 0.6) is 5.75 Å². The van der Waals surface area contributed by atoms with Crippen molar-refractivity contribution in [1.29, 1.82) is 0 Å². The average Bonchev–Trinajstić information content (AvgIpc) is 2.99.